The summed E-state index contributed by atoms with van der Waals surface area (Å²) in [4.78, 5) is 2.55. The van der Waals surface area contributed by atoms with Gasteiger partial charge in [-0.05, 0) is 44.7 Å². The minimum atomic E-state index is 0.336. The summed E-state index contributed by atoms with van der Waals surface area (Å²) in [6.07, 6.45) is 7.18. The van der Waals surface area contributed by atoms with Gasteiger partial charge in [0.25, 0.3) is 0 Å². The number of hydrogen-bond acceptors (Lipinski definition) is 2. The zero-order chi connectivity index (χ0) is 12.0. The van der Waals surface area contributed by atoms with E-state index in [1.807, 2.05) is 0 Å². The Morgan fingerprint density at radius 2 is 2.12 bits per heavy atom. The number of nitrogens with two attached hydrogens (primary N) is 1. The highest BCUT2D eigenvalue weighted by Gasteiger charge is 2.21. The molecule has 1 fully saturated rings. The van der Waals surface area contributed by atoms with Crippen LogP contribution < -0.4 is 5.73 Å². The Balaban J connectivity index is 2.47. The molecule has 3 nitrogen and oxygen atoms in total. The van der Waals surface area contributed by atoms with Crippen molar-refractivity contribution >= 4 is 5.84 Å². The lowest BCUT2D eigenvalue weighted by Crippen LogP contribution is -2.38. The number of rotatable bonds is 5. The monoisotopic (exact) mass is 225 g/mol. The highest BCUT2D eigenvalue weighted by atomic mass is 15.2. The summed E-state index contributed by atoms with van der Waals surface area (Å²) in [6, 6.07) is 0.494. The van der Waals surface area contributed by atoms with Gasteiger partial charge in [-0.2, -0.15) is 0 Å². The van der Waals surface area contributed by atoms with Gasteiger partial charge in [0.1, 0.15) is 0 Å². The Morgan fingerprint density at radius 1 is 1.38 bits per heavy atom. The molecule has 0 radical (unpaired) electrons. The van der Waals surface area contributed by atoms with E-state index in [2.05, 4.69) is 18.7 Å². The Morgan fingerprint density at radius 3 is 2.69 bits per heavy atom. The predicted molar refractivity (Wildman–Crippen MR) is 69.8 cm³/mol. The van der Waals surface area contributed by atoms with Crippen molar-refractivity contribution in [1.29, 1.82) is 5.41 Å². The fourth-order valence-corrected chi connectivity index (χ4v) is 2.75. The number of likely N-dealkylation sites (tertiary alicyclic amines) is 1. The maximum atomic E-state index is 7.43. The van der Waals surface area contributed by atoms with Crippen molar-refractivity contribution in [3.63, 3.8) is 0 Å². The van der Waals surface area contributed by atoms with Crippen LogP contribution in [0.15, 0.2) is 0 Å². The molecule has 0 aromatic carbocycles. The number of nitrogens with one attached hydrogen (secondary N) is 1. The molecule has 1 rings (SSSR count). The van der Waals surface area contributed by atoms with E-state index >= 15 is 0 Å². The highest BCUT2D eigenvalue weighted by Crippen LogP contribution is 2.22. The van der Waals surface area contributed by atoms with Crippen LogP contribution in [0.5, 0.6) is 0 Å². The minimum absolute atomic E-state index is 0.336. The zero-order valence-corrected chi connectivity index (χ0v) is 10.8. The van der Waals surface area contributed by atoms with E-state index in [4.69, 9.17) is 11.1 Å². The molecule has 1 aliphatic heterocycles. The number of amidine groups is 1. The van der Waals surface area contributed by atoms with E-state index in [9.17, 15) is 0 Å². The summed E-state index contributed by atoms with van der Waals surface area (Å²) in [5.74, 6) is 1.25. The van der Waals surface area contributed by atoms with E-state index < -0.39 is 0 Å². The molecule has 94 valence electrons. The third kappa shape index (κ3) is 4.12. The SMILES string of the molecule is CCC1CCCN(C(CC)CC(=N)N)CC1. The van der Waals surface area contributed by atoms with Crippen molar-refractivity contribution in [3.8, 4) is 0 Å². The fourth-order valence-electron chi connectivity index (χ4n) is 2.75. The normalized spacial score (nSPS) is 25.0. The molecule has 1 aliphatic rings. The molecule has 2 atom stereocenters. The predicted octanol–water partition coefficient (Wildman–Crippen LogP) is 2.60. The van der Waals surface area contributed by atoms with Gasteiger partial charge in [-0.3, -0.25) is 10.3 Å². The van der Waals surface area contributed by atoms with Crippen molar-refractivity contribution in [3.05, 3.63) is 0 Å². The van der Waals surface area contributed by atoms with Crippen LogP contribution in [0, 0.1) is 11.3 Å². The van der Waals surface area contributed by atoms with Gasteiger partial charge >= 0.3 is 0 Å². The molecule has 0 bridgehead atoms. The maximum Gasteiger partial charge on any atom is 0.0921 e. The van der Waals surface area contributed by atoms with Crippen LogP contribution in [0.3, 0.4) is 0 Å². The lowest BCUT2D eigenvalue weighted by molar-refractivity contribution is 0.199. The van der Waals surface area contributed by atoms with E-state index in [1.165, 1.54) is 38.8 Å². The van der Waals surface area contributed by atoms with Gasteiger partial charge in [-0.25, -0.2) is 0 Å². The Hall–Kier alpha value is -0.570. The molecule has 0 spiro atoms. The first-order chi connectivity index (χ1) is 7.67. The quantitative estimate of drug-likeness (QED) is 0.558. The molecular weight excluding hydrogens is 198 g/mol. The summed E-state index contributed by atoms with van der Waals surface area (Å²) in [5.41, 5.74) is 5.52. The number of nitrogens with zero attached hydrogens (tertiary/aromatic N) is 1. The summed E-state index contributed by atoms with van der Waals surface area (Å²) in [5, 5.41) is 7.43. The van der Waals surface area contributed by atoms with Gasteiger partial charge in [-0.1, -0.05) is 20.3 Å². The van der Waals surface area contributed by atoms with Crippen LogP contribution in [0.25, 0.3) is 0 Å². The lowest BCUT2D eigenvalue weighted by Gasteiger charge is -2.29. The van der Waals surface area contributed by atoms with Crippen LogP contribution >= 0.6 is 0 Å². The first-order valence-electron chi connectivity index (χ1n) is 6.74. The van der Waals surface area contributed by atoms with Crippen LogP contribution in [0.4, 0.5) is 0 Å². The Kier molecular flexibility index (Phi) is 5.81. The zero-order valence-electron chi connectivity index (χ0n) is 10.8. The lowest BCUT2D eigenvalue weighted by atomic mass is 9.98. The Bertz CT molecular complexity index is 215. The Labute approximate surface area is 99.9 Å². The standard InChI is InChI=1S/C13H27N3/c1-3-11-6-5-8-16(9-7-11)12(4-2)10-13(14)15/h11-12H,3-10H2,1-2H3,(H3,14,15). The minimum Gasteiger partial charge on any atom is -0.388 e. The maximum absolute atomic E-state index is 7.43. The smallest absolute Gasteiger partial charge is 0.0921 e. The first kappa shape index (κ1) is 13.5. The molecule has 0 aliphatic carbocycles. The van der Waals surface area contributed by atoms with Crippen molar-refractivity contribution in [1.82, 2.24) is 4.90 Å². The molecule has 1 heterocycles. The van der Waals surface area contributed by atoms with Crippen LogP contribution in [0.2, 0.25) is 0 Å². The van der Waals surface area contributed by atoms with E-state index in [0.29, 0.717) is 11.9 Å². The molecule has 3 heteroatoms. The topological polar surface area (TPSA) is 53.1 Å². The van der Waals surface area contributed by atoms with Gasteiger partial charge in [-0.15, -0.1) is 0 Å². The second-order valence-electron chi connectivity index (χ2n) is 5.03. The van der Waals surface area contributed by atoms with Gasteiger partial charge in [0.15, 0.2) is 0 Å². The van der Waals surface area contributed by atoms with Gasteiger partial charge in [0, 0.05) is 12.5 Å². The largest absolute Gasteiger partial charge is 0.388 e. The molecule has 0 amide bonds. The van der Waals surface area contributed by atoms with Crippen LogP contribution in [0.1, 0.15) is 52.4 Å². The summed E-state index contributed by atoms with van der Waals surface area (Å²) < 4.78 is 0. The second-order valence-corrected chi connectivity index (χ2v) is 5.03. The van der Waals surface area contributed by atoms with Crippen LogP contribution in [-0.4, -0.2) is 29.9 Å². The van der Waals surface area contributed by atoms with Crippen molar-refractivity contribution in [2.75, 3.05) is 13.1 Å². The first-order valence-corrected chi connectivity index (χ1v) is 6.74. The molecule has 0 aromatic heterocycles. The molecule has 0 saturated carbocycles. The van der Waals surface area contributed by atoms with Crippen LogP contribution in [-0.2, 0) is 0 Å². The summed E-state index contributed by atoms with van der Waals surface area (Å²) in [6.45, 7) is 6.90. The highest BCUT2D eigenvalue weighted by molar-refractivity contribution is 5.77. The van der Waals surface area contributed by atoms with E-state index in [1.54, 1.807) is 0 Å². The summed E-state index contributed by atoms with van der Waals surface area (Å²) >= 11 is 0. The molecule has 1 saturated heterocycles. The molecule has 0 aromatic rings. The molecule has 3 N–H and O–H groups in total. The molecule has 2 unspecified atom stereocenters. The van der Waals surface area contributed by atoms with E-state index in [-0.39, 0.29) is 0 Å². The van der Waals surface area contributed by atoms with Crippen molar-refractivity contribution in [2.24, 2.45) is 11.7 Å². The summed E-state index contributed by atoms with van der Waals surface area (Å²) in [7, 11) is 0. The molecular formula is C13H27N3. The molecule has 16 heavy (non-hydrogen) atoms. The third-order valence-electron chi connectivity index (χ3n) is 3.90. The van der Waals surface area contributed by atoms with Gasteiger partial charge in [0.05, 0.1) is 5.84 Å². The van der Waals surface area contributed by atoms with E-state index in [0.717, 1.165) is 18.8 Å². The average Bonchev–Trinajstić information content (AvgIpc) is 2.50. The second kappa shape index (κ2) is 6.89. The van der Waals surface area contributed by atoms with Crippen molar-refractivity contribution < 1.29 is 0 Å². The third-order valence-corrected chi connectivity index (χ3v) is 3.90. The fraction of sp³-hybridized carbons (Fsp3) is 0.923. The van der Waals surface area contributed by atoms with Gasteiger partial charge in [0.2, 0.25) is 0 Å². The average molecular weight is 225 g/mol. The van der Waals surface area contributed by atoms with Crippen molar-refractivity contribution in [2.45, 2.75) is 58.4 Å². The van der Waals surface area contributed by atoms with Gasteiger partial charge < -0.3 is 5.73 Å². The number of hydrogen-bond donors (Lipinski definition) is 2.